The summed E-state index contributed by atoms with van der Waals surface area (Å²) in [6.45, 7) is 0. The maximum Gasteiger partial charge on any atom is 0.416 e. The smallest absolute Gasteiger partial charge is 0.416 e. The Labute approximate surface area is 137 Å². The van der Waals surface area contributed by atoms with Crippen LogP contribution in [-0.4, -0.2) is 20.1 Å². The number of benzene rings is 2. The minimum absolute atomic E-state index is 0.0240. The van der Waals surface area contributed by atoms with Gasteiger partial charge in [0, 0.05) is 11.8 Å². The van der Waals surface area contributed by atoms with Gasteiger partial charge in [0.25, 0.3) is 0 Å². The molecule has 0 heterocycles. The molecule has 2 rings (SSSR count). The van der Waals surface area contributed by atoms with Crippen LogP contribution in [0.1, 0.15) is 11.1 Å². The van der Waals surface area contributed by atoms with Crippen LogP contribution in [0.5, 0.6) is 11.5 Å². The van der Waals surface area contributed by atoms with Crippen LogP contribution in [0.15, 0.2) is 42.5 Å². The molecule has 1 N–H and O–H groups in total. The first-order valence-electron chi connectivity index (χ1n) is 7.01. The number of alkyl halides is 3. The summed E-state index contributed by atoms with van der Waals surface area (Å²) in [5, 5.41) is 2.46. The van der Waals surface area contributed by atoms with Gasteiger partial charge in [-0.1, -0.05) is 6.07 Å². The van der Waals surface area contributed by atoms with E-state index in [9.17, 15) is 18.0 Å². The standard InChI is InChI=1S/C17H16F3NO3/c1-23-14-6-11(7-15(10-14)24-2)8-16(22)21-13-5-3-4-12(9-13)17(18,19)20/h3-7,9-10H,8H2,1-2H3,(H,21,22). The molecule has 0 saturated carbocycles. The molecule has 4 nitrogen and oxygen atoms in total. The predicted octanol–water partition coefficient (Wildman–Crippen LogP) is 3.90. The molecule has 2 aromatic carbocycles. The van der Waals surface area contributed by atoms with Gasteiger partial charge in [-0.25, -0.2) is 0 Å². The second-order valence-corrected chi connectivity index (χ2v) is 5.02. The van der Waals surface area contributed by atoms with E-state index in [4.69, 9.17) is 9.47 Å². The fourth-order valence-electron chi connectivity index (χ4n) is 2.13. The highest BCUT2D eigenvalue weighted by Gasteiger charge is 2.30. The Morgan fingerprint density at radius 1 is 1.04 bits per heavy atom. The highest BCUT2D eigenvalue weighted by molar-refractivity contribution is 5.92. The monoisotopic (exact) mass is 339 g/mol. The lowest BCUT2D eigenvalue weighted by Crippen LogP contribution is -2.15. The molecule has 2 aromatic rings. The number of nitrogens with one attached hydrogen (secondary N) is 1. The number of hydrogen-bond donors (Lipinski definition) is 1. The molecule has 0 radical (unpaired) electrons. The van der Waals surface area contributed by atoms with E-state index in [1.807, 2.05) is 0 Å². The fraction of sp³-hybridized carbons (Fsp3) is 0.235. The Morgan fingerprint density at radius 2 is 1.67 bits per heavy atom. The van der Waals surface area contributed by atoms with Gasteiger partial charge in [0.05, 0.1) is 26.2 Å². The van der Waals surface area contributed by atoms with E-state index in [0.717, 1.165) is 12.1 Å². The lowest BCUT2D eigenvalue weighted by atomic mass is 10.1. The van der Waals surface area contributed by atoms with Crippen molar-refractivity contribution in [2.75, 3.05) is 19.5 Å². The van der Waals surface area contributed by atoms with Gasteiger partial charge in [-0.15, -0.1) is 0 Å². The van der Waals surface area contributed by atoms with Crippen molar-refractivity contribution < 1.29 is 27.4 Å². The molecular formula is C17H16F3NO3. The summed E-state index contributed by atoms with van der Waals surface area (Å²) in [5.74, 6) is 0.608. The number of hydrogen-bond acceptors (Lipinski definition) is 3. The Morgan fingerprint density at radius 3 is 2.21 bits per heavy atom. The third-order valence-corrected chi connectivity index (χ3v) is 3.25. The Bertz CT molecular complexity index is 707. The Balaban J connectivity index is 2.11. The van der Waals surface area contributed by atoms with Crippen molar-refractivity contribution in [2.45, 2.75) is 12.6 Å². The summed E-state index contributed by atoms with van der Waals surface area (Å²) in [7, 11) is 2.97. The second-order valence-electron chi connectivity index (χ2n) is 5.02. The van der Waals surface area contributed by atoms with Crippen LogP contribution in [-0.2, 0) is 17.4 Å². The SMILES string of the molecule is COc1cc(CC(=O)Nc2cccc(C(F)(F)F)c2)cc(OC)c1. The molecule has 0 spiro atoms. The van der Waals surface area contributed by atoms with Crippen molar-refractivity contribution in [3.05, 3.63) is 53.6 Å². The highest BCUT2D eigenvalue weighted by atomic mass is 19.4. The molecule has 128 valence electrons. The van der Waals surface area contributed by atoms with Crippen LogP contribution in [0.2, 0.25) is 0 Å². The zero-order valence-electron chi connectivity index (χ0n) is 13.1. The minimum Gasteiger partial charge on any atom is -0.497 e. The molecule has 7 heteroatoms. The van der Waals surface area contributed by atoms with Gasteiger partial charge in [0.2, 0.25) is 5.91 Å². The van der Waals surface area contributed by atoms with Crippen LogP contribution in [0, 0.1) is 0 Å². The first-order chi connectivity index (χ1) is 11.3. The van der Waals surface area contributed by atoms with Crippen molar-refractivity contribution in [2.24, 2.45) is 0 Å². The lowest BCUT2D eigenvalue weighted by Gasteiger charge is -2.11. The Hall–Kier alpha value is -2.70. The van der Waals surface area contributed by atoms with E-state index in [1.54, 1.807) is 18.2 Å². The van der Waals surface area contributed by atoms with Gasteiger partial charge in [0.15, 0.2) is 0 Å². The number of methoxy groups -OCH3 is 2. The van der Waals surface area contributed by atoms with Crippen LogP contribution in [0.3, 0.4) is 0 Å². The average Bonchev–Trinajstić information content (AvgIpc) is 2.53. The van der Waals surface area contributed by atoms with Gasteiger partial charge in [-0.05, 0) is 35.9 Å². The van der Waals surface area contributed by atoms with Gasteiger partial charge in [-0.2, -0.15) is 13.2 Å². The first kappa shape index (κ1) is 17.7. The number of halogens is 3. The van der Waals surface area contributed by atoms with E-state index >= 15 is 0 Å². The zero-order valence-corrected chi connectivity index (χ0v) is 13.1. The predicted molar refractivity (Wildman–Crippen MR) is 83.3 cm³/mol. The number of carbonyl (C=O) groups excluding carboxylic acids is 1. The maximum absolute atomic E-state index is 12.7. The molecule has 0 saturated heterocycles. The Kier molecular flexibility index (Phi) is 5.33. The molecule has 0 fully saturated rings. The van der Waals surface area contributed by atoms with Crippen molar-refractivity contribution in [1.29, 1.82) is 0 Å². The molecule has 0 aliphatic rings. The van der Waals surface area contributed by atoms with Crippen LogP contribution < -0.4 is 14.8 Å². The molecule has 0 aliphatic heterocycles. The van der Waals surface area contributed by atoms with Crippen LogP contribution >= 0.6 is 0 Å². The first-order valence-corrected chi connectivity index (χ1v) is 7.01. The molecule has 0 aromatic heterocycles. The molecule has 1 amide bonds. The van der Waals surface area contributed by atoms with Crippen LogP contribution in [0.4, 0.5) is 18.9 Å². The van der Waals surface area contributed by atoms with E-state index in [0.29, 0.717) is 17.1 Å². The average molecular weight is 339 g/mol. The number of ether oxygens (including phenoxy) is 2. The summed E-state index contributed by atoms with van der Waals surface area (Å²) >= 11 is 0. The van der Waals surface area contributed by atoms with E-state index in [-0.39, 0.29) is 12.1 Å². The van der Waals surface area contributed by atoms with Gasteiger partial charge in [-0.3, -0.25) is 4.79 Å². The quantitative estimate of drug-likeness (QED) is 0.899. The zero-order chi connectivity index (χ0) is 17.7. The third kappa shape index (κ3) is 4.65. The lowest BCUT2D eigenvalue weighted by molar-refractivity contribution is -0.137. The topological polar surface area (TPSA) is 47.6 Å². The number of carbonyl (C=O) groups is 1. The molecule has 0 bridgehead atoms. The number of amides is 1. The summed E-state index contributed by atoms with van der Waals surface area (Å²) in [5.41, 5.74) is -0.108. The van der Waals surface area contributed by atoms with Crippen molar-refractivity contribution in [3.8, 4) is 11.5 Å². The van der Waals surface area contributed by atoms with Crippen LogP contribution in [0.25, 0.3) is 0 Å². The molecule has 0 unspecified atom stereocenters. The van der Waals surface area contributed by atoms with E-state index < -0.39 is 17.6 Å². The summed E-state index contributed by atoms with van der Waals surface area (Å²) in [6.07, 6.45) is -4.48. The van der Waals surface area contributed by atoms with Gasteiger partial charge < -0.3 is 14.8 Å². The van der Waals surface area contributed by atoms with Crippen molar-refractivity contribution in [3.63, 3.8) is 0 Å². The third-order valence-electron chi connectivity index (χ3n) is 3.25. The number of rotatable bonds is 5. The van der Waals surface area contributed by atoms with E-state index in [1.165, 1.54) is 26.4 Å². The van der Waals surface area contributed by atoms with Gasteiger partial charge >= 0.3 is 6.18 Å². The summed E-state index contributed by atoms with van der Waals surface area (Å²) in [4.78, 5) is 12.1. The minimum atomic E-state index is -4.46. The largest absolute Gasteiger partial charge is 0.497 e. The molecular weight excluding hydrogens is 323 g/mol. The van der Waals surface area contributed by atoms with Gasteiger partial charge in [0.1, 0.15) is 11.5 Å². The summed E-state index contributed by atoms with van der Waals surface area (Å²) in [6, 6.07) is 9.47. The number of anilines is 1. The van der Waals surface area contributed by atoms with Crippen molar-refractivity contribution in [1.82, 2.24) is 0 Å². The molecule has 0 atom stereocenters. The summed E-state index contributed by atoms with van der Waals surface area (Å²) < 4.78 is 48.3. The normalized spacial score (nSPS) is 11.0. The van der Waals surface area contributed by atoms with Crippen molar-refractivity contribution >= 4 is 11.6 Å². The molecule has 0 aliphatic carbocycles. The molecule has 24 heavy (non-hydrogen) atoms. The maximum atomic E-state index is 12.7. The van der Waals surface area contributed by atoms with E-state index in [2.05, 4.69) is 5.32 Å². The fourth-order valence-corrected chi connectivity index (χ4v) is 2.13. The second kappa shape index (κ2) is 7.25. The highest BCUT2D eigenvalue weighted by Crippen LogP contribution is 2.30.